The van der Waals surface area contributed by atoms with Crippen LogP contribution < -0.4 is 10.1 Å². The van der Waals surface area contributed by atoms with Gasteiger partial charge in [0.25, 0.3) is 0 Å². The van der Waals surface area contributed by atoms with Gasteiger partial charge in [-0.25, -0.2) is 9.37 Å². The van der Waals surface area contributed by atoms with E-state index in [4.69, 9.17) is 4.74 Å². The fourth-order valence-corrected chi connectivity index (χ4v) is 1.35. The SMILES string of the molecule is CNc1nccc(Oc2cc(F)ccc2[N+](=O)[O-])n1. The lowest BCUT2D eigenvalue weighted by atomic mass is 10.3. The van der Waals surface area contributed by atoms with Gasteiger partial charge in [0.05, 0.1) is 4.92 Å². The van der Waals surface area contributed by atoms with E-state index in [2.05, 4.69) is 15.3 Å². The zero-order valence-corrected chi connectivity index (χ0v) is 9.83. The smallest absolute Gasteiger partial charge is 0.311 e. The van der Waals surface area contributed by atoms with E-state index in [1.807, 2.05) is 0 Å². The maximum Gasteiger partial charge on any atom is 0.311 e. The number of ether oxygens (including phenoxy) is 1. The summed E-state index contributed by atoms with van der Waals surface area (Å²) in [4.78, 5) is 17.9. The molecule has 0 unspecified atom stereocenters. The molecular weight excluding hydrogens is 255 g/mol. The van der Waals surface area contributed by atoms with Crippen molar-refractivity contribution in [1.29, 1.82) is 0 Å². The van der Waals surface area contributed by atoms with E-state index in [0.717, 1.165) is 18.2 Å². The fraction of sp³-hybridized carbons (Fsp3) is 0.0909. The number of nitrogens with zero attached hydrogens (tertiary/aromatic N) is 3. The average Bonchev–Trinajstić information content (AvgIpc) is 2.38. The summed E-state index contributed by atoms with van der Waals surface area (Å²) in [7, 11) is 1.61. The van der Waals surface area contributed by atoms with Gasteiger partial charge in [-0.1, -0.05) is 0 Å². The van der Waals surface area contributed by atoms with Crippen LogP contribution in [0.15, 0.2) is 30.5 Å². The number of hydrogen-bond donors (Lipinski definition) is 1. The quantitative estimate of drug-likeness (QED) is 0.673. The van der Waals surface area contributed by atoms with Crippen LogP contribution in [0.4, 0.5) is 16.0 Å². The Labute approximate surface area is 107 Å². The molecule has 0 amide bonds. The van der Waals surface area contributed by atoms with Gasteiger partial charge in [0.1, 0.15) is 5.82 Å². The van der Waals surface area contributed by atoms with Gasteiger partial charge < -0.3 is 10.1 Å². The molecule has 0 aliphatic carbocycles. The Morgan fingerprint density at radius 3 is 2.89 bits per heavy atom. The molecule has 0 atom stereocenters. The Morgan fingerprint density at radius 1 is 1.42 bits per heavy atom. The zero-order chi connectivity index (χ0) is 13.8. The molecule has 0 saturated carbocycles. The van der Waals surface area contributed by atoms with Gasteiger partial charge in [-0.2, -0.15) is 4.98 Å². The molecule has 2 aromatic rings. The van der Waals surface area contributed by atoms with E-state index in [1.54, 1.807) is 7.05 Å². The summed E-state index contributed by atoms with van der Waals surface area (Å²) in [5, 5.41) is 13.5. The standard InChI is InChI=1S/C11H9FN4O3/c1-13-11-14-5-4-10(15-11)19-9-6-7(12)2-3-8(9)16(17)18/h2-6H,1H3,(H,13,14,15). The van der Waals surface area contributed by atoms with Gasteiger partial charge in [0.15, 0.2) is 0 Å². The van der Waals surface area contributed by atoms with E-state index >= 15 is 0 Å². The van der Waals surface area contributed by atoms with E-state index in [-0.39, 0.29) is 23.3 Å². The molecule has 0 fully saturated rings. The van der Waals surface area contributed by atoms with Crippen LogP contribution in [0.25, 0.3) is 0 Å². The first kappa shape index (κ1) is 12.7. The molecule has 1 heterocycles. The van der Waals surface area contributed by atoms with Crippen molar-refractivity contribution < 1.29 is 14.1 Å². The van der Waals surface area contributed by atoms with Crippen molar-refractivity contribution >= 4 is 11.6 Å². The Bertz CT molecular complexity index is 621. The van der Waals surface area contributed by atoms with Gasteiger partial charge >= 0.3 is 5.69 Å². The first-order valence-corrected chi connectivity index (χ1v) is 5.23. The van der Waals surface area contributed by atoms with E-state index in [1.165, 1.54) is 12.3 Å². The Hall–Kier alpha value is -2.77. The van der Waals surface area contributed by atoms with E-state index < -0.39 is 10.7 Å². The largest absolute Gasteiger partial charge is 0.432 e. The molecule has 1 aromatic carbocycles. The number of hydrogen-bond acceptors (Lipinski definition) is 6. The normalized spacial score (nSPS) is 10.0. The molecule has 8 heteroatoms. The van der Waals surface area contributed by atoms with Crippen LogP contribution in [0.3, 0.4) is 0 Å². The number of nitro groups is 1. The third-order valence-electron chi connectivity index (χ3n) is 2.19. The van der Waals surface area contributed by atoms with E-state index in [9.17, 15) is 14.5 Å². The van der Waals surface area contributed by atoms with Crippen LogP contribution in [0.1, 0.15) is 0 Å². The topological polar surface area (TPSA) is 90.2 Å². The van der Waals surface area contributed by atoms with Gasteiger partial charge in [0, 0.05) is 31.4 Å². The molecule has 0 spiro atoms. The first-order chi connectivity index (χ1) is 9.10. The van der Waals surface area contributed by atoms with Crippen molar-refractivity contribution in [3.63, 3.8) is 0 Å². The Balaban J connectivity index is 2.36. The van der Waals surface area contributed by atoms with Crippen molar-refractivity contribution in [3.8, 4) is 11.6 Å². The van der Waals surface area contributed by atoms with Gasteiger partial charge in [0.2, 0.25) is 17.6 Å². The molecule has 19 heavy (non-hydrogen) atoms. The average molecular weight is 264 g/mol. The highest BCUT2D eigenvalue weighted by Crippen LogP contribution is 2.31. The van der Waals surface area contributed by atoms with Gasteiger partial charge in [-0.3, -0.25) is 10.1 Å². The van der Waals surface area contributed by atoms with Crippen LogP contribution in [0, 0.1) is 15.9 Å². The molecule has 7 nitrogen and oxygen atoms in total. The minimum absolute atomic E-state index is 0.0769. The third kappa shape index (κ3) is 2.92. The first-order valence-electron chi connectivity index (χ1n) is 5.23. The lowest BCUT2D eigenvalue weighted by Crippen LogP contribution is -1.99. The van der Waals surface area contributed by atoms with Crippen molar-refractivity contribution in [3.05, 3.63) is 46.4 Å². The number of benzene rings is 1. The predicted molar refractivity (Wildman–Crippen MR) is 64.7 cm³/mol. The second kappa shape index (κ2) is 5.25. The van der Waals surface area contributed by atoms with Crippen molar-refractivity contribution in [1.82, 2.24) is 9.97 Å². The number of nitro benzene ring substituents is 1. The highest BCUT2D eigenvalue weighted by atomic mass is 19.1. The highest BCUT2D eigenvalue weighted by Gasteiger charge is 2.17. The van der Waals surface area contributed by atoms with E-state index in [0.29, 0.717) is 0 Å². The van der Waals surface area contributed by atoms with Crippen LogP contribution >= 0.6 is 0 Å². The lowest BCUT2D eigenvalue weighted by molar-refractivity contribution is -0.385. The molecule has 0 bridgehead atoms. The molecule has 98 valence electrons. The number of halogens is 1. The molecule has 0 radical (unpaired) electrons. The minimum Gasteiger partial charge on any atom is -0.432 e. The highest BCUT2D eigenvalue weighted by molar-refractivity contribution is 5.48. The second-order valence-corrected chi connectivity index (χ2v) is 3.44. The van der Waals surface area contributed by atoms with Crippen molar-refractivity contribution in [2.45, 2.75) is 0 Å². The molecular formula is C11H9FN4O3. The van der Waals surface area contributed by atoms with Crippen LogP contribution in [0.5, 0.6) is 11.6 Å². The summed E-state index contributed by atoms with van der Waals surface area (Å²) < 4.78 is 18.3. The molecule has 1 aromatic heterocycles. The summed E-state index contributed by atoms with van der Waals surface area (Å²) in [5.74, 6) is -0.487. The van der Waals surface area contributed by atoms with Crippen molar-refractivity contribution in [2.24, 2.45) is 0 Å². The molecule has 0 saturated heterocycles. The zero-order valence-electron chi connectivity index (χ0n) is 9.83. The second-order valence-electron chi connectivity index (χ2n) is 3.44. The van der Waals surface area contributed by atoms with Gasteiger partial charge in [-0.05, 0) is 6.07 Å². The number of aromatic nitrogens is 2. The van der Waals surface area contributed by atoms with Gasteiger partial charge in [-0.15, -0.1) is 0 Å². The molecule has 1 N–H and O–H groups in total. The third-order valence-corrected chi connectivity index (χ3v) is 2.19. The van der Waals surface area contributed by atoms with Crippen LogP contribution in [-0.4, -0.2) is 21.9 Å². The van der Waals surface area contributed by atoms with Crippen LogP contribution in [0.2, 0.25) is 0 Å². The monoisotopic (exact) mass is 264 g/mol. The number of rotatable bonds is 4. The summed E-state index contributed by atoms with van der Waals surface area (Å²) in [6, 6.07) is 4.36. The summed E-state index contributed by atoms with van der Waals surface area (Å²) in [6.45, 7) is 0. The van der Waals surface area contributed by atoms with Crippen molar-refractivity contribution in [2.75, 3.05) is 12.4 Å². The Kier molecular flexibility index (Phi) is 3.51. The minimum atomic E-state index is -0.658. The molecule has 0 aliphatic rings. The summed E-state index contributed by atoms with van der Waals surface area (Å²) in [5.41, 5.74) is -0.342. The number of nitrogens with one attached hydrogen (secondary N) is 1. The maximum atomic E-state index is 13.1. The predicted octanol–water partition coefficient (Wildman–Crippen LogP) is 2.36. The number of anilines is 1. The molecule has 0 aliphatic heterocycles. The summed E-state index contributed by atoms with van der Waals surface area (Å²) >= 11 is 0. The maximum absolute atomic E-state index is 13.1. The Morgan fingerprint density at radius 2 is 2.21 bits per heavy atom. The fourth-order valence-electron chi connectivity index (χ4n) is 1.35. The summed E-state index contributed by atoms with van der Waals surface area (Å²) in [6.07, 6.45) is 1.42. The molecule has 2 rings (SSSR count). The lowest BCUT2D eigenvalue weighted by Gasteiger charge is -2.06. The van der Waals surface area contributed by atoms with Crippen LogP contribution in [-0.2, 0) is 0 Å².